The topological polar surface area (TPSA) is 141 Å². The molecule has 4 N–H and O–H groups in total. The molecule has 256 valence electrons. The second-order valence-corrected chi connectivity index (χ2v) is 13.9. The van der Waals surface area contributed by atoms with Gasteiger partial charge in [-0.2, -0.15) is 0 Å². The lowest BCUT2D eigenvalue weighted by molar-refractivity contribution is -0.151. The summed E-state index contributed by atoms with van der Waals surface area (Å²) in [7, 11) is 2.05. The Morgan fingerprint density at radius 2 is 1.93 bits per heavy atom. The number of rotatable bonds is 10. The molecule has 0 saturated carbocycles. The van der Waals surface area contributed by atoms with Crippen LogP contribution in [-0.4, -0.2) is 101 Å². The molecule has 3 aliphatic heterocycles. The lowest BCUT2D eigenvalue weighted by Crippen LogP contribution is -2.48. The molecule has 0 spiro atoms. The average Bonchev–Trinajstić information content (AvgIpc) is 3.75. The molecule has 10 nitrogen and oxygen atoms in total. The van der Waals surface area contributed by atoms with E-state index in [0.29, 0.717) is 6.42 Å². The third kappa shape index (κ3) is 11.8. The van der Waals surface area contributed by atoms with Gasteiger partial charge >= 0.3 is 12.1 Å². The third-order valence-corrected chi connectivity index (χ3v) is 9.62. The predicted octanol–water partition coefficient (Wildman–Crippen LogP) is 4.28. The summed E-state index contributed by atoms with van der Waals surface area (Å²) in [5.41, 5.74) is -0.639. The fraction of sp³-hybridized carbons (Fsp3) is 0.771. The van der Waals surface area contributed by atoms with Crippen molar-refractivity contribution in [3.8, 4) is 0 Å². The van der Waals surface area contributed by atoms with Crippen LogP contribution in [0.5, 0.6) is 0 Å². The average molecular weight is 635 g/mol. The molecule has 2 saturated heterocycles. The SMILES string of the molecule is CCC(O)C(C)C1OC1CC(C)C=CC=C(C)C1OC(=O)CC(O)CCC(C)(O)C(OC(=O)NC2CCN(C)CC2)C=CC1C. The molecule has 0 aromatic carbocycles. The molecule has 45 heavy (non-hydrogen) atoms. The number of carbonyl (C=O) groups is 2. The van der Waals surface area contributed by atoms with Crippen LogP contribution in [0.1, 0.15) is 86.5 Å². The summed E-state index contributed by atoms with van der Waals surface area (Å²) in [6, 6.07) is 0.0118. The zero-order valence-corrected chi connectivity index (χ0v) is 28.4. The second-order valence-electron chi connectivity index (χ2n) is 13.9. The number of hydrogen-bond acceptors (Lipinski definition) is 9. The Morgan fingerprint density at radius 3 is 2.60 bits per heavy atom. The molecule has 0 radical (unpaired) electrons. The normalized spacial score (nSPS) is 34.7. The van der Waals surface area contributed by atoms with Gasteiger partial charge in [0.1, 0.15) is 11.7 Å². The Hall–Kier alpha value is -2.24. The van der Waals surface area contributed by atoms with Crippen molar-refractivity contribution in [1.29, 1.82) is 0 Å². The molecule has 10 atom stereocenters. The quantitative estimate of drug-likeness (QED) is 0.120. The highest BCUT2D eigenvalue weighted by Gasteiger charge is 2.45. The van der Waals surface area contributed by atoms with Gasteiger partial charge in [0.25, 0.3) is 0 Å². The number of esters is 1. The highest BCUT2D eigenvalue weighted by Crippen LogP contribution is 2.36. The van der Waals surface area contributed by atoms with Crippen molar-refractivity contribution in [3.05, 3.63) is 36.0 Å². The van der Waals surface area contributed by atoms with E-state index in [0.717, 1.165) is 37.9 Å². The van der Waals surface area contributed by atoms with Gasteiger partial charge < -0.3 is 39.7 Å². The van der Waals surface area contributed by atoms with E-state index in [1.807, 2.05) is 45.9 Å². The highest BCUT2D eigenvalue weighted by atomic mass is 16.6. The largest absolute Gasteiger partial charge is 0.457 e. The smallest absolute Gasteiger partial charge is 0.408 e. The minimum absolute atomic E-state index is 0.0118. The first kappa shape index (κ1) is 37.2. The number of nitrogens with zero attached hydrogens (tertiary/aromatic N) is 1. The number of amides is 1. The summed E-state index contributed by atoms with van der Waals surface area (Å²) >= 11 is 0. The second kappa shape index (κ2) is 17.1. The van der Waals surface area contributed by atoms with Gasteiger partial charge in [-0.1, -0.05) is 52.0 Å². The molecular formula is C35H58N2O8. The van der Waals surface area contributed by atoms with Gasteiger partial charge in [-0.25, -0.2) is 4.79 Å². The summed E-state index contributed by atoms with van der Waals surface area (Å²) in [6.45, 7) is 13.3. The van der Waals surface area contributed by atoms with E-state index in [4.69, 9.17) is 14.2 Å². The van der Waals surface area contributed by atoms with Crippen LogP contribution >= 0.6 is 0 Å². The number of allylic oxidation sites excluding steroid dienone is 3. The zero-order chi connectivity index (χ0) is 33.3. The Kier molecular flexibility index (Phi) is 14.1. The minimum Gasteiger partial charge on any atom is -0.457 e. The van der Waals surface area contributed by atoms with Crippen LogP contribution in [0.25, 0.3) is 0 Å². The molecule has 2 fully saturated rings. The number of aliphatic hydroxyl groups is 3. The van der Waals surface area contributed by atoms with Gasteiger partial charge in [0, 0.05) is 17.9 Å². The Balaban J connectivity index is 1.69. The van der Waals surface area contributed by atoms with Gasteiger partial charge in [0.05, 0.1) is 30.8 Å². The number of likely N-dealkylation sites (tertiary alicyclic amines) is 1. The summed E-state index contributed by atoms with van der Waals surface area (Å²) < 4.78 is 17.5. The van der Waals surface area contributed by atoms with Crippen molar-refractivity contribution in [2.75, 3.05) is 20.1 Å². The van der Waals surface area contributed by atoms with Gasteiger partial charge in [0.15, 0.2) is 6.10 Å². The third-order valence-electron chi connectivity index (χ3n) is 9.62. The van der Waals surface area contributed by atoms with E-state index < -0.39 is 36.0 Å². The zero-order valence-electron chi connectivity index (χ0n) is 28.4. The molecular weight excluding hydrogens is 576 g/mol. The summed E-state index contributed by atoms with van der Waals surface area (Å²) in [5.74, 6) is -0.450. The Labute approximate surface area is 269 Å². The molecule has 0 aromatic heterocycles. The van der Waals surface area contributed by atoms with E-state index in [2.05, 4.69) is 30.3 Å². The molecule has 0 bridgehead atoms. The van der Waals surface area contributed by atoms with Crippen LogP contribution in [0.2, 0.25) is 0 Å². The summed E-state index contributed by atoms with van der Waals surface area (Å²) in [4.78, 5) is 27.9. The van der Waals surface area contributed by atoms with E-state index in [-0.39, 0.29) is 61.4 Å². The number of piperidine rings is 1. The van der Waals surface area contributed by atoms with Crippen LogP contribution in [0.15, 0.2) is 36.0 Å². The molecule has 0 aromatic rings. The van der Waals surface area contributed by atoms with Gasteiger partial charge in [0.2, 0.25) is 0 Å². The summed E-state index contributed by atoms with van der Waals surface area (Å²) in [5, 5.41) is 35.0. The first-order valence-electron chi connectivity index (χ1n) is 16.8. The molecule has 0 aliphatic carbocycles. The summed E-state index contributed by atoms with van der Waals surface area (Å²) in [6.07, 6.45) is 9.49. The Morgan fingerprint density at radius 1 is 1.24 bits per heavy atom. The monoisotopic (exact) mass is 634 g/mol. The van der Waals surface area contributed by atoms with Crippen LogP contribution in [0.4, 0.5) is 4.79 Å². The van der Waals surface area contributed by atoms with E-state index in [9.17, 15) is 24.9 Å². The van der Waals surface area contributed by atoms with Gasteiger partial charge in [-0.15, -0.1) is 0 Å². The predicted molar refractivity (Wildman–Crippen MR) is 173 cm³/mol. The van der Waals surface area contributed by atoms with Crippen molar-refractivity contribution in [2.45, 2.75) is 135 Å². The van der Waals surface area contributed by atoms with Crippen LogP contribution in [-0.2, 0) is 19.0 Å². The first-order chi connectivity index (χ1) is 21.2. The number of epoxide rings is 1. The number of alkyl carbamates (subject to hydrolysis) is 1. The highest BCUT2D eigenvalue weighted by molar-refractivity contribution is 5.70. The molecule has 3 heterocycles. The number of cyclic esters (lactones) is 1. The van der Waals surface area contributed by atoms with E-state index >= 15 is 0 Å². The molecule has 3 aliphatic rings. The van der Waals surface area contributed by atoms with Crippen molar-refractivity contribution in [1.82, 2.24) is 10.2 Å². The fourth-order valence-corrected chi connectivity index (χ4v) is 6.26. The maximum absolute atomic E-state index is 12.9. The lowest BCUT2D eigenvalue weighted by Gasteiger charge is -2.34. The van der Waals surface area contributed by atoms with Crippen molar-refractivity contribution >= 4 is 12.1 Å². The first-order valence-corrected chi connectivity index (χ1v) is 16.8. The fourth-order valence-electron chi connectivity index (χ4n) is 6.26. The van der Waals surface area contributed by atoms with Crippen molar-refractivity contribution in [3.63, 3.8) is 0 Å². The van der Waals surface area contributed by atoms with E-state index in [1.54, 1.807) is 13.0 Å². The van der Waals surface area contributed by atoms with Crippen molar-refractivity contribution < 1.29 is 39.1 Å². The van der Waals surface area contributed by atoms with Crippen LogP contribution < -0.4 is 5.32 Å². The minimum atomic E-state index is -1.46. The van der Waals surface area contributed by atoms with Gasteiger partial charge in [-0.05, 0) is 90.1 Å². The van der Waals surface area contributed by atoms with Gasteiger partial charge in [-0.3, -0.25) is 4.79 Å². The Bertz CT molecular complexity index is 1050. The number of ether oxygens (including phenoxy) is 3. The molecule has 3 rings (SSSR count). The number of carbonyl (C=O) groups excluding carboxylic acids is 2. The number of aliphatic hydroxyl groups excluding tert-OH is 2. The van der Waals surface area contributed by atoms with Crippen LogP contribution in [0, 0.1) is 17.8 Å². The molecule has 10 heteroatoms. The lowest BCUT2D eigenvalue weighted by atomic mass is 9.88. The molecule has 1 amide bonds. The molecule has 10 unspecified atom stereocenters. The maximum Gasteiger partial charge on any atom is 0.408 e. The van der Waals surface area contributed by atoms with Crippen LogP contribution in [0.3, 0.4) is 0 Å². The number of hydrogen-bond donors (Lipinski definition) is 4. The maximum atomic E-state index is 12.9. The van der Waals surface area contributed by atoms with Crippen molar-refractivity contribution in [2.24, 2.45) is 17.8 Å². The number of nitrogens with one attached hydrogen (secondary N) is 1. The van der Waals surface area contributed by atoms with E-state index in [1.165, 1.54) is 0 Å². The standard InChI is InChI=1S/C35H58N2O8/c1-8-28(39)25(5)33-29(43-33)20-22(2)10-9-11-23(3)32-24(4)12-13-30(35(6,42)17-14-27(38)21-31(40)45-32)44-34(41)36-26-15-18-37(7)19-16-26/h9-13,22,24-30,32-33,38-39,42H,8,14-21H2,1-7H3,(H,36,41).